The van der Waals surface area contributed by atoms with Crippen molar-refractivity contribution in [2.24, 2.45) is 5.73 Å². The molecule has 0 spiro atoms. The van der Waals surface area contributed by atoms with Gasteiger partial charge in [-0.2, -0.15) is 12.6 Å². The summed E-state index contributed by atoms with van der Waals surface area (Å²) in [5.41, 5.74) is 7.74. The molecule has 2 aromatic rings. The number of ketones is 1. The lowest BCUT2D eigenvalue weighted by Crippen LogP contribution is -2.43. The normalized spacial score (nSPS) is 13.4. The van der Waals surface area contributed by atoms with E-state index < -0.39 is 6.04 Å². The zero-order valence-corrected chi connectivity index (χ0v) is 16.3. The number of carbonyl (C=O) groups is 1. The molecule has 2 atom stereocenters. The highest BCUT2D eigenvalue weighted by Gasteiger charge is 2.17. The minimum Gasteiger partial charge on any atom is -0.496 e. The van der Waals surface area contributed by atoms with Gasteiger partial charge in [-0.3, -0.25) is 4.79 Å². The van der Waals surface area contributed by atoms with Gasteiger partial charge in [0.05, 0.1) is 37.9 Å². The molecule has 7 heteroatoms. The zero-order chi connectivity index (χ0) is 18.9. The summed E-state index contributed by atoms with van der Waals surface area (Å²) in [7, 11) is 1.66. The second-order valence-corrected chi connectivity index (χ2v) is 6.62. The van der Waals surface area contributed by atoms with Crippen molar-refractivity contribution >= 4 is 18.4 Å². The van der Waals surface area contributed by atoms with Gasteiger partial charge in [0.25, 0.3) is 0 Å². The summed E-state index contributed by atoms with van der Waals surface area (Å²) >= 11 is 4.09. The Kier molecular flexibility index (Phi) is 8.15. The van der Waals surface area contributed by atoms with Gasteiger partial charge < -0.3 is 20.4 Å². The molecule has 26 heavy (non-hydrogen) atoms. The highest BCUT2D eigenvalue weighted by atomic mass is 32.1. The van der Waals surface area contributed by atoms with Gasteiger partial charge in [0.15, 0.2) is 5.78 Å². The predicted octanol–water partition coefficient (Wildman–Crippen LogP) is 2.14. The van der Waals surface area contributed by atoms with E-state index in [-0.39, 0.29) is 18.4 Å². The van der Waals surface area contributed by atoms with E-state index in [1.807, 2.05) is 36.8 Å². The van der Waals surface area contributed by atoms with Crippen LogP contribution in [-0.2, 0) is 11.3 Å². The molecule has 6 nitrogen and oxygen atoms in total. The third-order valence-electron chi connectivity index (χ3n) is 4.32. The Morgan fingerprint density at radius 2 is 2.19 bits per heavy atom. The number of aromatic nitrogens is 2. The van der Waals surface area contributed by atoms with E-state index in [0.717, 1.165) is 29.8 Å². The fraction of sp³-hybridized carbons (Fsp3) is 0.474. The van der Waals surface area contributed by atoms with Crippen molar-refractivity contribution in [1.82, 2.24) is 14.9 Å². The predicted molar refractivity (Wildman–Crippen MR) is 108 cm³/mol. The fourth-order valence-corrected chi connectivity index (χ4v) is 3.07. The van der Waals surface area contributed by atoms with E-state index >= 15 is 0 Å². The second kappa shape index (κ2) is 10.4. The van der Waals surface area contributed by atoms with E-state index in [1.165, 1.54) is 0 Å². The van der Waals surface area contributed by atoms with Gasteiger partial charge in [0, 0.05) is 23.9 Å². The number of nitrogens with two attached hydrogens (primary N) is 1. The highest BCUT2D eigenvalue weighted by molar-refractivity contribution is 7.80. The van der Waals surface area contributed by atoms with Crippen molar-refractivity contribution in [3.05, 3.63) is 36.8 Å². The van der Waals surface area contributed by atoms with E-state index in [1.54, 1.807) is 7.11 Å². The Labute approximate surface area is 160 Å². The van der Waals surface area contributed by atoms with E-state index in [2.05, 4.69) is 34.4 Å². The van der Waals surface area contributed by atoms with Crippen molar-refractivity contribution in [2.75, 3.05) is 19.4 Å². The largest absolute Gasteiger partial charge is 0.496 e. The van der Waals surface area contributed by atoms with Gasteiger partial charge in [-0.1, -0.05) is 25.5 Å². The van der Waals surface area contributed by atoms with Crippen LogP contribution in [0.3, 0.4) is 0 Å². The average molecular weight is 377 g/mol. The molecule has 2 unspecified atom stereocenters. The molecule has 0 saturated carbocycles. The molecule has 0 aliphatic carbocycles. The maximum atomic E-state index is 12.0. The number of rotatable bonds is 11. The maximum absolute atomic E-state index is 12.0. The van der Waals surface area contributed by atoms with Gasteiger partial charge in [-0.05, 0) is 18.6 Å². The first-order valence-electron chi connectivity index (χ1n) is 8.86. The number of para-hydroxylation sites is 1. The summed E-state index contributed by atoms with van der Waals surface area (Å²) in [6, 6.07) is 7.51. The van der Waals surface area contributed by atoms with Crippen molar-refractivity contribution in [3.8, 4) is 17.0 Å². The van der Waals surface area contributed by atoms with Gasteiger partial charge in [-0.15, -0.1) is 0 Å². The topological polar surface area (TPSA) is 82.2 Å². The van der Waals surface area contributed by atoms with E-state index in [9.17, 15) is 4.79 Å². The Morgan fingerprint density at radius 3 is 2.88 bits per heavy atom. The first-order chi connectivity index (χ1) is 12.6. The fourth-order valence-electron chi connectivity index (χ4n) is 2.87. The lowest BCUT2D eigenvalue weighted by Gasteiger charge is -2.21. The summed E-state index contributed by atoms with van der Waals surface area (Å²) in [6.45, 7) is 3.10. The number of methoxy groups -OCH3 is 1. The number of carbonyl (C=O) groups excluding carboxylic acids is 1. The van der Waals surface area contributed by atoms with Gasteiger partial charge in [0.1, 0.15) is 5.75 Å². The summed E-state index contributed by atoms with van der Waals surface area (Å²) in [4.78, 5) is 16.3. The lowest BCUT2D eigenvalue weighted by molar-refractivity contribution is -0.119. The van der Waals surface area contributed by atoms with Gasteiger partial charge in [-0.25, -0.2) is 4.98 Å². The molecule has 1 aromatic carbocycles. The molecule has 0 fully saturated rings. The summed E-state index contributed by atoms with van der Waals surface area (Å²) < 4.78 is 7.56. The monoisotopic (exact) mass is 376 g/mol. The van der Waals surface area contributed by atoms with Crippen LogP contribution in [-0.4, -0.2) is 46.8 Å². The van der Waals surface area contributed by atoms with E-state index in [0.29, 0.717) is 12.3 Å². The minimum atomic E-state index is -0.523. The molecular weight excluding hydrogens is 348 g/mol. The average Bonchev–Trinajstić information content (AvgIpc) is 3.13. The number of hydrogen-bond donors (Lipinski definition) is 3. The summed E-state index contributed by atoms with van der Waals surface area (Å²) in [5, 5.41) is 3.34. The first kappa shape index (κ1) is 20.5. The molecule has 1 heterocycles. The number of thiol groups is 1. The number of benzene rings is 1. The Morgan fingerprint density at radius 1 is 1.42 bits per heavy atom. The SMILES string of the molecule is CCCC(Cn1cncc1-c1ccccc1OC)NCC(=O)C(N)CS. The van der Waals surface area contributed by atoms with Crippen molar-refractivity contribution in [2.45, 2.75) is 38.4 Å². The smallest absolute Gasteiger partial charge is 0.164 e. The van der Waals surface area contributed by atoms with E-state index in [4.69, 9.17) is 10.5 Å². The molecular formula is C19H28N4O2S. The molecule has 0 saturated heterocycles. The summed E-state index contributed by atoms with van der Waals surface area (Å²) in [5.74, 6) is 1.15. The minimum absolute atomic E-state index is 0.0170. The number of nitrogens with one attached hydrogen (secondary N) is 1. The van der Waals surface area contributed by atoms with Crippen LogP contribution in [0.25, 0.3) is 11.3 Å². The maximum Gasteiger partial charge on any atom is 0.164 e. The van der Waals surface area contributed by atoms with Crippen LogP contribution in [0.2, 0.25) is 0 Å². The standard InChI is InChI=1S/C19H28N4O2S/c1-3-6-14(22-10-18(24)16(20)12-26)11-23-13-21-9-17(23)15-7-4-5-8-19(15)25-2/h4-5,7-9,13-14,16,22,26H,3,6,10-12,20H2,1-2H3. The molecule has 1 aromatic heterocycles. The number of hydrogen-bond acceptors (Lipinski definition) is 6. The second-order valence-electron chi connectivity index (χ2n) is 6.25. The first-order valence-corrected chi connectivity index (χ1v) is 9.50. The number of Topliss-reactive ketones (excluding diaryl/α,β-unsaturated/α-hetero) is 1. The molecule has 0 bridgehead atoms. The number of imidazole rings is 1. The molecule has 3 N–H and O–H groups in total. The summed E-state index contributed by atoms with van der Waals surface area (Å²) in [6.07, 6.45) is 5.62. The van der Waals surface area contributed by atoms with Crippen molar-refractivity contribution < 1.29 is 9.53 Å². The van der Waals surface area contributed by atoms with Crippen LogP contribution in [0.1, 0.15) is 19.8 Å². The zero-order valence-electron chi connectivity index (χ0n) is 15.4. The van der Waals surface area contributed by atoms with Crippen LogP contribution in [0, 0.1) is 0 Å². The molecule has 0 aliphatic heterocycles. The quantitative estimate of drug-likeness (QED) is 0.524. The molecule has 0 radical (unpaired) electrons. The van der Waals surface area contributed by atoms with Crippen LogP contribution < -0.4 is 15.8 Å². The van der Waals surface area contributed by atoms with Crippen LogP contribution in [0.5, 0.6) is 5.75 Å². The van der Waals surface area contributed by atoms with Gasteiger partial charge >= 0.3 is 0 Å². The molecule has 0 aliphatic rings. The molecule has 0 amide bonds. The van der Waals surface area contributed by atoms with Crippen molar-refractivity contribution in [3.63, 3.8) is 0 Å². The van der Waals surface area contributed by atoms with Gasteiger partial charge in [0.2, 0.25) is 0 Å². The lowest BCUT2D eigenvalue weighted by atomic mass is 10.1. The third kappa shape index (κ3) is 5.33. The van der Waals surface area contributed by atoms with Crippen LogP contribution in [0.4, 0.5) is 0 Å². The van der Waals surface area contributed by atoms with Crippen LogP contribution in [0.15, 0.2) is 36.8 Å². The molecule has 2 rings (SSSR count). The Hall–Kier alpha value is -1.83. The third-order valence-corrected chi connectivity index (χ3v) is 4.72. The Balaban J connectivity index is 2.12. The Bertz CT molecular complexity index is 704. The number of nitrogens with zero attached hydrogens (tertiary/aromatic N) is 2. The van der Waals surface area contributed by atoms with Crippen molar-refractivity contribution in [1.29, 1.82) is 0 Å². The van der Waals surface area contributed by atoms with Crippen LogP contribution >= 0.6 is 12.6 Å². The highest BCUT2D eigenvalue weighted by Crippen LogP contribution is 2.29. The number of ether oxygens (including phenoxy) is 1. The molecule has 142 valence electrons.